The van der Waals surface area contributed by atoms with Crippen molar-refractivity contribution in [3.05, 3.63) is 71.3 Å². The lowest BCUT2D eigenvalue weighted by atomic mass is 9.99. The van der Waals surface area contributed by atoms with Crippen molar-refractivity contribution in [3.63, 3.8) is 0 Å². The van der Waals surface area contributed by atoms with E-state index in [1.54, 1.807) is 18.1 Å². The van der Waals surface area contributed by atoms with Crippen LogP contribution in [0.15, 0.2) is 54.6 Å². The predicted octanol–water partition coefficient (Wildman–Crippen LogP) is 3.31. The Bertz CT molecular complexity index is 752. The molecule has 25 heavy (non-hydrogen) atoms. The minimum atomic E-state index is -0.0294. The molecule has 2 aromatic carbocycles. The maximum absolute atomic E-state index is 12.3. The molecule has 1 aliphatic heterocycles. The van der Waals surface area contributed by atoms with Crippen molar-refractivity contribution in [3.8, 4) is 5.75 Å². The Balaban J connectivity index is 1.55. The normalized spacial score (nSPS) is 16.5. The molecule has 1 atom stereocenters. The van der Waals surface area contributed by atoms with Gasteiger partial charge < -0.3 is 14.4 Å². The molecule has 0 saturated heterocycles. The monoisotopic (exact) mass is 337 g/mol. The summed E-state index contributed by atoms with van der Waals surface area (Å²) in [6.07, 6.45) is 4.29. The Kier molecular flexibility index (Phi) is 5.51. The predicted molar refractivity (Wildman–Crippen MR) is 98.4 cm³/mol. The number of likely N-dealkylation sites (N-methyl/N-ethyl adjacent to an activating group) is 1. The summed E-state index contributed by atoms with van der Waals surface area (Å²) in [5.74, 6) is 0.772. The second kappa shape index (κ2) is 7.99. The summed E-state index contributed by atoms with van der Waals surface area (Å²) >= 11 is 0. The minimum Gasteiger partial charge on any atom is -0.497 e. The van der Waals surface area contributed by atoms with Gasteiger partial charge in [0.2, 0.25) is 5.91 Å². The number of benzene rings is 2. The molecule has 0 spiro atoms. The van der Waals surface area contributed by atoms with Gasteiger partial charge >= 0.3 is 0 Å². The maximum Gasteiger partial charge on any atom is 0.246 e. The van der Waals surface area contributed by atoms with Crippen LogP contribution in [0.25, 0.3) is 6.08 Å². The molecule has 4 heteroatoms. The average Bonchev–Trinajstić information content (AvgIpc) is 2.66. The van der Waals surface area contributed by atoms with Gasteiger partial charge in [0.1, 0.15) is 5.75 Å². The van der Waals surface area contributed by atoms with Gasteiger partial charge in [0, 0.05) is 26.1 Å². The van der Waals surface area contributed by atoms with E-state index in [1.165, 1.54) is 11.1 Å². The van der Waals surface area contributed by atoms with Gasteiger partial charge in [-0.25, -0.2) is 0 Å². The standard InChI is InChI=1S/C21H23NO3/c1-22(14-20-13-17-5-3-4-6-18(17)15-25-20)21(23)12-9-16-7-10-19(24-2)11-8-16/h3-12,20H,13-15H2,1-2H3/b12-9+. The van der Waals surface area contributed by atoms with Crippen LogP contribution in [0.4, 0.5) is 0 Å². The third kappa shape index (κ3) is 4.48. The summed E-state index contributed by atoms with van der Waals surface area (Å²) in [5.41, 5.74) is 3.52. The molecular formula is C21H23NO3. The average molecular weight is 337 g/mol. The molecule has 0 bridgehead atoms. The topological polar surface area (TPSA) is 38.8 Å². The molecule has 0 N–H and O–H groups in total. The van der Waals surface area contributed by atoms with E-state index >= 15 is 0 Å². The van der Waals surface area contributed by atoms with Crippen LogP contribution in [0.1, 0.15) is 16.7 Å². The molecule has 1 amide bonds. The molecule has 0 aliphatic carbocycles. The Labute approximate surface area is 148 Å². The highest BCUT2D eigenvalue weighted by atomic mass is 16.5. The highest BCUT2D eigenvalue weighted by molar-refractivity contribution is 5.91. The van der Waals surface area contributed by atoms with Crippen molar-refractivity contribution < 1.29 is 14.3 Å². The first-order chi connectivity index (χ1) is 12.2. The molecule has 130 valence electrons. The molecule has 2 aromatic rings. The fraction of sp³-hybridized carbons (Fsp3) is 0.286. The molecule has 0 saturated carbocycles. The zero-order valence-electron chi connectivity index (χ0n) is 14.6. The fourth-order valence-electron chi connectivity index (χ4n) is 2.93. The van der Waals surface area contributed by atoms with E-state index in [1.807, 2.05) is 49.5 Å². The summed E-state index contributed by atoms with van der Waals surface area (Å²) in [4.78, 5) is 14.0. The van der Waals surface area contributed by atoms with E-state index in [4.69, 9.17) is 9.47 Å². The van der Waals surface area contributed by atoms with Crippen LogP contribution in [0.5, 0.6) is 5.75 Å². The van der Waals surface area contributed by atoms with Crippen molar-refractivity contribution in [1.82, 2.24) is 4.90 Å². The Morgan fingerprint density at radius 3 is 2.64 bits per heavy atom. The first-order valence-corrected chi connectivity index (χ1v) is 8.41. The van der Waals surface area contributed by atoms with Crippen molar-refractivity contribution in [2.24, 2.45) is 0 Å². The lowest BCUT2D eigenvalue weighted by Crippen LogP contribution is -2.37. The Morgan fingerprint density at radius 1 is 1.20 bits per heavy atom. The van der Waals surface area contributed by atoms with E-state index in [0.29, 0.717) is 13.2 Å². The smallest absolute Gasteiger partial charge is 0.246 e. The Hall–Kier alpha value is -2.59. The Morgan fingerprint density at radius 2 is 1.92 bits per heavy atom. The van der Waals surface area contributed by atoms with E-state index in [2.05, 4.69) is 12.1 Å². The van der Waals surface area contributed by atoms with Gasteiger partial charge in [-0.15, -0.1) is 0 Å². The van der Waals surface area contributed by atoms with Gasteiger partial charge in [0.05, 0.1) is 19.8 Å². The molecule has 4 nitrogen and oxygen atoms in total. The summed E-state index contributed by atoms with van der Waals surface area (Å²) in [7, 11) is 3.44. The van der Waals surface area contributed by atoms with Crippen LogP contribution < -0.4 is 4.74 Å². The number of fused-ring (bicyclic) bond motifs is 1. The second-order valence-corrected chi connectivity index (χ2v) is 6.23. The van der Waals surface area contributed by atoms with E-state index in [-0.39, 0.29) is 12.0 Å². The molecule has 1 heterocycles. The lowest BCUT2D eigenvalue weighted by molar-refractivity contribution is -0.126. The zero-order chi connectivity index (χ0) is 17.6. The van der Waals surface area contributed by atoms with Crippen LogP contribution >= 0.6 is 0 Å². The molecule has 0 radical (unpaired) electrons. The highest BCUT2D eigenvalue weighted by Crippen LogP contribution is 2.20. The van der Waals surface area contributed by atoms with E-state index < -0.39 is 0 Å². The number of amides is 1. The fourth-order valence-corrected chi connectivity index (χ4v) is 2.93. The van der Waals surface area contributed by atoms with E-state index in [9.17, 15) is 4.79 Å². The molecule has 0 aromatic heterocycles. The number of nitrogens with zero attached hydrogens (tertiary/aromatic N) is 1. The largest absolute Gasteiger partial charge is 0.497 e. The minimum absolute atomic E-state index is 0.0294. The maximum atomic E-state index is 12.3. The summed E-state index contributed by atoms with van der Waals surface area (Å²) in [5, 5.41) is 0. The molecule has 0 fully saturated rings. The number of ether oxygens (including phenoxy) is 2. The summed E-state index contributed by atoms with van der Waals surface area (Å²) in [6, 6.07) is 15.9. The van der Waals surface area contributed by atoms with Crippen LogP contribution in [-0.4, -0.2) is 37.6 Å². The van der Waals surface area contributed by atoms with Gasteiger partial charge in [-0.05, 0) is 34.9 Å². The molecule has 1 unspecified atom stereocenters. The van der Waals surface area contributed by atoms with Gasteiger partial charge in [-0.1, -0.05) is 36.4 Å². The zero-order valence-corrected chi connectivity index (χ0v) is 14.6. The third-order valence-corrected chi connectivity index (χ3v) is 4.43. The first kappa shape index (κ1) is 17.2. The number of carbonyl (C=O) groups excluding carboxylic acids is 1. The van der Waals surface area contributed by atoms with Crippen molar-refractivity contribution >= 4 is 12.0 Å². The number of hydrogen-bond donors (Lipinski definition) is 0. The van der Waals surface area contributed by atoms with Gasteiger partial charge in [-0.3, -0.25) is 4.79 Å². The summed E-state index contributed by atoms with van der Waals surface area (Å²) in [6.45, 7) is 1.20. The molecular weight excluding hydrogens is 314 g/mol. The van der Waals surface area contributed by atoms with Gasteiger partial charge in [-0.2, -0.15) is 0 Å². The number of rotatable bonds is 5. The van der Waals surface area contributed by atoms with E-state index in [0.717, 1.165) is 17.7 Å². The van der Waals surface area contributed by atoms with Crippen molar-refractivity contribution in [2.45, 2.75) is 19.1 Å². The molecule has 1 aliphatic rings. The lowest BCUT2D eigenvalue weighted by Gasteiger charge is -2.28. The van der Waals surface area contributed by atoms with Crippen molar-refractivity contribution in [1.29, 1.82) is 0 Å². The number of hydrogen-bond acceptors (Lipinski definition) is 3. The third-order valence-electron chi connectivity index (χ3n) is 4.43. The molecule has 3 rings (SSSR count). The summed E-state index contributed by atoms with van der Waals surface area (Å²) < 4.78 is 11.0. The number of carbonyl (C=O) groups is 1. The van der Waals surface area contributed by atoms with Crippen LogP contribution in [0.2, 0.25) is 0 Å². The van der Waals surface area contributed by atoms with Crippen LogP contribution in [0.3, 0.4) is 0 Å². The number of methoxy groups -OCH3 is 1. The quantitative estimate of drug-likeness (QED) is 0.786. The van der Waals surface area contributed by atoms with Gasteiger partial charge in [0.15, 0.2) is 0 Å². The highest BCUT2D eigenvalue weighted by Gasteiger charge is 2.21. The van der Waals surface area contributed by atoms with Crippen LogP contribution in [-0.2, 0) is 22.6 Å². The van der Waals surface area contributed by atoms with Crippen LogP contribution in [0, 0.1) is 0 Å². The first-order valence-electron chi connectivity index (χ1n) is 8.41. The van der Waals surface area contributed by atoms with Crippen molar-refractivity contribution in [2.75, 3.05) is 20.7 Å². The SMILES string of the molecule is COc1ccc(/C=C/C(=O)N(C)CC2Cc3ccccc3CO2)cc1. The second-order valence-electron chi connectivity index (χ2n) is 6.23. The van der Waals surface area contributed by atoms with Gasteiger partial charge in [0.25, 0.3) is 0 Å².